The van der Waals surface area contributed by atoms with Crippen LogP contribution in [0.3, 0.4) is 0 Å². The number of benzene rings is 2. The number of carbonyl (C=O) groups is 1. The van der Waals surface area contributed by atoms with Crippen molar-refractivity contribution in [2.45, 2.75) is 12.1 Å². The number of hydrogen-bond donors (Lipinski definition) is 0. The normalized spacial score (nSPS) is 10.8. The molecule has 0 aliphatic heterocycles. The summed E-state index contributed by atoms with van der Waals surface area (Å²) in [6.45, 7) is 2.06. The van der Waals surface area contributed by atoms with Crippen LogP contribution in [-0.2, 0) is 9.53 Å². The van der Waals surface area contributed by atoms with E-state index in [-0.39, 0.29) is 11.7 Å². The van der Waals surface area contributed by atoms with E-state index in [0.29, 0.717) is 0 Å². The Balaban J connectivity index is 2.08. The molecule has 5 heteroatoms. The van der Waals surface area contributed by atoms with Crippen LogP contribution in [0.4, 0.5) is 0 Å². The smallest absolute Gasteiger partial charge is 0.316 e. The second kappa shape index (κ2) is 6.23. The van der Waals surface area contributed by atoms with Crippen molar-refractivity contribution in [3.05, 3.63) is 54.1 Å². The summed E-state index contributed by atoms with van der Waals surface area (Å²) in [7, 11) is 1.39. The largest absolute Gasteiger partial charge is 0.468 e. The number of esters is 1. The number of methoxy groups -OCH3 is 1. The molecule has 0 aliphatic carbocycles. The maximum absolute atomic E-state index is 11.4. The van der Waals surface area contributed by atoms with Crippen molar-refractivity contribution in [3.8, 4) is 5.69 Å². The second-order valence-corrected chi connectivity index (χ2v) is 5.86. The van der Waals surface area contributed by atoms with Gasteiger partial charge in [-0.3, -0.25) is 9.36 Å². The molecule has 0 radical (unpaired) electrons. The van der Waals surface area contributed by atoms with Gasteiger partial charge in [-0.15, -0.1) is 0 Å². The quantitative estimate of drug-likeness (QED) is 0.545. The van der Waals surface area contributed by atoms with Crippen LogP contribution in [0.25, 0.3) is 16.7 Å². The van der Waals surface area contributed by atoms with Crippen LogP contribution in [0.1, 0.15) is 5.56 Å². The van der Waals surface area contributed by atoms with Gasteiger partial charge in [-0.1, -0.05) is 41.6 Å². The standard InChI is InChI=1S/C17H16N2O2S/c1-12-7-9-13(10-8-12)19-15-6-4-3-5-14(15)18-17(19)22-11-16(20)21-2/h3-10H,11H2,1-2H3. The van der Waals surface area contributed by atoms with E-state index >= 15 is 0 Å². The maximum atomic E-state index is 11.4. The third kappa shape index (κ3) is 2.85. The summed E-state index contributed by atoms with van der Waals surface area (Å²) >= 11 is 1.38. The summed E-state index contributed by atoms with van der Waals surface area (Å²) in [5.41, 5.74) is 4.18. The molecule has 0 unspecified atom stereocenters. The predicted octanol–water partition coefficient (Wildman–Crippen LogP) is 3.60. The Morgan fingerprint density at radius 3 is 2.64 bits per heavy atom. The van der Waals surface area contributed by atoms with Crippen molar-refractivity contribution in [3.63, 3.8) is 0 Å². The molecule has 0 atom stereocenters. The Morgan fingerprint density at radius 1 is 1.18 bits per heavy atom. The van der Waals surface area contributed by atoms with Crippen LogP contribution >= 0.6 is 11.8 Å². The number of carbonyl (C=O) groups excluding carboxylic acids is 1. The van der Waals surface area contributed by atoms with E-state index in [0.717, 1.165) is 21.9 Å². The Hall–Kier alpha value is -2.27. The van der Waals surface area contributed by atoms with E-state index in [9.17, 15) is 4.79 Å². The summed E-state index contributed by atoms with van der Waals surface area (Å²) in [6.07, 6.45) is 0. The van der Waals surface area contributed by atoms with Gasteiger partial charge in [0.1, 0.15) is 0 Å². The molecule has 0 fully saturated rings. The van der Waals surface area contributed by atoms with E-state index in [1.165, 1.54) is 24.4 Å². The lowest BCUT2D eigenvalue weighted by Gasteiger charge is -2.09. The van der Waals surface area contributed by atoms with E-state index in [1.54, 1.807) is 0 Å². The van der Waals surface area contributed by atoms with Gasteiger partial charge in [0.15, 0.2) is 5.16 Å². The van der Waals surface area contributed by atoms with Gasteiger partial charge in [-0.2, -0.15) is 0 Å². The summed E-state index contributed by atoms with van der Waals surface area (Å²) in [5.74, 6) is -0.0152. The van der Waals surface area contributed by atoms with E-state index < -0.39 is 0 Å². The van der Waals surface area contributed by atoms with E-state index in [2.05, 4.69) is 40.7 Å². The average molecular weight is 312 g/mol. The number of hydrogen-bond acceptors (Lipinski definition) is 4. The zero-order valence-electron chi connectivity index (χ0n) is 12.4. The highest BCUT2D eigenvalue weighted by molar-refractivity contribution is 7.99. The molecule has 0 aliphatic rings. The molecule has 0 saturated heterocycles. The lowest BCUT2D eigenvalue weighted by Crippen LogP contribution is -2.05. The van der Waals surface area contributed by atoms with Gasteiger partial charge in [0, 0.05) is 5.69 Å². The van der Waals surface area contributed by atoms with Gasteiger partial charge >= 0.3 is 5.97 Å². The van der Waals surface area contributed by atoms with Crippen molar-refractivity contribution < 1.29 is 9.53 Å². The summed E-state index contributed by atoms with van der Waals surface area (Å²) < 4.78 is 6.78. The van der Waals surface area contributed by atoms with Crippen LogP contribution in [-0.4, -0.2) is 28.4 Å². The maximum Gasteiger partial charge on any atom is 0.316 e. The molecule has 0 N–H and O–H groups in total. The van der Waals surface area contributed by atoms with Crippen LogP contribution in [0.15, 0.2) is 53.7 Å². The first-order valence-corrected chi connectivity index (χ1v) is 7.92. The summed E-state index contributed by atoms with van der Waals surface area (Å²) in [5, 5.41) is 0.787. The lowest BCUT2D eigenvalue weighted by atomic mass is 10.2. The molecular formula is C17H16N2O2S. The van der Waals surface area contributed by atoms with Gasteiger partial charge in [0.25, 0.3) is 0 Å². The average Bonchev–Trinajstić information content (AvgIpc) is 2.92. The third-order valence-electron chi connectivity index (χ3n) is 3.37. The second-order valence-electron chi connectivity index (χ2n) is 4.92. The number of nitrogens with zero attached hydrogens (tertiary/aromatic N) is 2. The number of para-hydroxylation sites is 2. The zero-order valence-corrected chi connectivity index (χ0v) is 13.3. The molecule has 3 rings (SSSR count). The Labute approximate surface area is 133 Å². The van der Waals surface area contributed by atoms with Crippen molar-refractivity contribution in [1.82, 2.24) is 9.55 Å². The molecule has 0 bridgehead atoms. The fourth-order valence-corrected chi connectivity index (χ4v) is 3.09. The molecule has 1 aromatic heterocycles. The zero-order chi connectivity index (χ0) is 15.5. The van der Waals surface area contributed by atoms with Gasteiger partial charge in [0.05, 0.1) is 23.9 Å². The highest BCUT2D eigenvalue weighted by Crippen LogP contribution is 2.28. The first-order valence-electron chi connectivity index (χ1n) is 6.93. The van der Waals surface area contributed by atoms with Crippen LogP contribution in [0.2, 0.25) is 0 Å². The molecule has 3 aromatic rings. The number of aromatic nitrogens is 2. The molecular weight excluding hydrogens is 296 g/mol. The number of fused-ring (bicyclic) bond motifs is 1. The Morgan fingerprint density at radius 2 is 1.91 bits per heavy atom. The summed E-state index contributed by atoms with van der Waals surface area (Å²) in [4.78, 5) is 16.0. The van der Waals surface area contributed by atoms with Crippen molar-refractivity contribution in [1.29, 1.82) is 0 Å². The fraction of sp³-hybridized carbons (Fsp3) is 0.176. The predicted molar refractivity (Wildman–Crippen MR) is 88.5 cm³/mol. The first kappa shape index (κ1) is 14.7. The minimum atomic E-state index is -0.257. The van der Waals surface area contributed by atoms with E-state index in [1.807, 2.05) is 24.3 Å². The Bertz CT molecular complexity index is 809. The number of ether oxygens (including phenoxy) is 1. The molecule has 112 valence electrons. The molecule has 0 amide bonds. The molecule has 4 nitrogen and oxygen atoms in total. The SMILES string of the molecule is COC(=O)CSc1nc2ccccc2n1-c1ccc(C)cc1. The molecule has 0 saturated carbocycles. The number of thioether (sulfide) groups is 1. The van der Waals surface area contributed by atoms with Gasteiger partial charge in [0.2, 0.25) is 0 Å². The minimum absolute atomic E-state index is 0.242. The van der Waals surface area contributed by atoms with E-state index in [4.69, 9.17) is 4.74 Å². The van der Waals surface area contributed by atoms with Crippen molar-refractivity contribution in [2.24, 2.45) is 0 Å². The van der Waals surface area contributed by atoms with Crippen molar-refractivity contribution in [2.75, 3.05) is 12.9 Å². The highest BCUT2D eigenvalue weighted by Gasteiger charge is 2.14. The van der Waals surface area contributed by atoms with Crippen LogP contribution in [0.5, 0.6) is 0 Å². The molecule has 1 heterocycles. The van der Waals surface area contributed by atoms with Gasteiger partial charge < -0.3 is 4.74 Å². The highest BCUT2D eigenvalue weighted by atomic mass is 32.2. The monoisotopic (exact) mass is 312 g/mol. The lowest BCUT2D eigenvalue weighted by molar-refractivity contribution is -0.137. The van der Waals surface area contributed by atoms with Gasteiger partial charge in [-0.05, 0) is 31.2 Å². The van der Waals surface area contributed by atoms with Crippen LogP contribution in [0, 0.1) is 6.92 Å². The fourth-order valence-electron chi connectivity index (χ4n) is 2.23. The summed E-state index contributed by atoms with van der Waals surface area (Å²) in [6, 6.07) is 16.2. The van der Waals surface area contributed by atoms with Crippen LogP contribution < -0.4 is 0 Å². The molecule has 22 heavy (non-hydrogen) atoms. The number of imidazole rings is 1. The minimum Gasteiger partial charge on any atom is -0.468 e. The molecule has 2 aromatic carbocycles. The van der Waals surface area contributed by atoms with Gasteiger partial charge in [-0.25, -0.2) is 4.98 Å². The topological polar surface area (TPSA) is 44.1 Å². The Kier molecular flexibility index (Phi) is 4.15. The molecule has 0 spiro atoms. The number of aryl methyl sites for hydroxylation is 1. The van der Waals surface area contributed by atoms with Crippen molar-refractivity contribution >= 4 is 28.8 Å². The number of rotatable bonds is 4. The first-order chi connectivity index (χ1) is 10.7. The third-order valence-corrected chi connectivity index (χ3v) is 4.28.